The number of nitrogens with one attached hydrogen (secondary N) is 1. The van der Waals surface area contributed by atoms with Crippen LogP contribution >= 0.6 is 0 Å². The maximum Gasteiger partial charge on any atom is 0.244 e. The smallest absolute Gasteiger partial charge is 0.244 e. The van der Waals surface area contributed by atoms with Gasteiger partial charge in [0.05, 0.1) is 11.9 Å². The molecule has 1 N–H and O–H groups in total. The van der Waals surface area contributed by atoms with E-state index in [9.17, 15) is 18.0 Å². The van der Waals surface area contributed by atoms with E-state index in [0.717, 1.165) is 58.5 Å². The van der Waals surface area contributed by atoms with Crippen molar-refractivity contribution < 1.29 is 18.0 Å². The highest BCUT2D eigenvalue weighted by Gasteiger charge is 2.34. The maximum atomic E-state index is 14.2. The monoisotopic (exact) mass is 561 g/mol. The molecule has 0 unspecified atom stereocenters. The minimum atomic E-state index is -3.78. The van der Waals surface area contributed by atoms with E-state index in [2.05, 4.69) is 5.32 Å². The molecule has 3 aromatic carbocycles. The third-order valence-electron chi connectivity index (χ3n) is 7.58. The topological polar surface area (TPSA) is 86.8 Å². The Labute approximate surface area is 238 Å². The summed E-state index contributed by atoms with van der Waals surface area (Å²) in [5.41, 5.74) is 4.22. The van der Waals surface area contributed by atoms with Crippen LogP contribution in [0.5, 0.6) is 0 Å². The highest BCUT2D eigenvalue weighted by molar-refractivity contribution is 7.92. The second-order valence-electron chi connectivity index (χ2n) is 10.7. The number of benzene rings is 3. The summed E-state index contributed by atoms with van der Waals surface area (Å²) in [6.45, 7) is 3.67. The second kappa shape index (κ2) is 13.1. The van der Waals surface area contributed by atoms with E-state index < -0.39 is 28.5 Å². The molecule has 4 rings (SSSR count). The van der Waals surface area contributed by atoms with Crippen LogP contribution in [0.4, 0.5) is 5.69 Å². The molecule has 0 radical (unpaired) electrons. The molecule has 1 saturated carbocycles. The number of aryl methyl sites for hydroxylation is 2. The first-order chi connectivity index (χ1) is 19.1. The molecule has 0 bridgehead atoms. The van der Waals surface area contributed by atoms with E-state index in [1.165, 1.54) is 0 Å². The molecular weight excluding hydrogens is 522 g/mol. The van der Waals surface area contributed by atoms with E-state index in [4.69, 9.17) is 0 Å². The Hall–Kier alpha value is -3.65. The van der Waals surface area contributed by atoms with Crippen LogP contribution in [0.1, 0.15) is 47.9 Å². The number of amides is 2. The predicted octanol–water partition coefficient (Wildman–Crippen LogP) is 4.77. The Morgan fingerprint density at radius 3 is 2.15 bits per heavy atom. The molecule has 2 amide bonds. The van der Waals surface area contributed by atoms with Gasteiger partial charge in [-0.15, -0.1) is 0 Å². The van der Waals surface area contributed by atoms with Crippen molar-refractivity contribution in [2.24, 2.45) is 0 Å². The van der Waals surface area contributed by atoms with Gasteiger partial charge in [-0.05, 0) is 55.5 Å². The number of carbonyl (C=O) groups excluding carboxylic acids is 2. The van der Waals surface area contributed by atoms with Gasteiger partial charge in [0.15, 0.2) is 0 Å². The molecule has 8 heteroatoms. The first-order valence-corrected chi connectivity index (χ1v) is 15.7. The summed E-state index contributed by atoms with van der Waals surface area (Å²) in [6, 6.07) is 23.7. The minimum absolute atomic E-state index is 0.0845. The fourth-order valence-electron chi connectivity index (χ4n) is 5.22. The number of rotatable bonds is 11. The summed E-state index contributed by atoms with van der Waals surface area (Å²) < 4.78 is 26.9. The van der Waals surface area contributed by atoms with Gasteiger partial charge in [0.1, 0.15) is 12.6 Å². The quantitative estimate of drug-likeness (QED) is 0.366. The summed E-state index contributed by atoms with van der Waals surface area (Å²) in [5.74, 6) is -0.643. The van der Waals surface area contributed by atoms with Gasteiger partial charge in [-0.2, -0.15) is 0 Å². The van der Waals surface area contributed by atoms with Crippen molar-refractivity contribution in [3.8, 4) is 0 Å². The fraction of sp³-hybridized carbons (Fsp3) is 0.375. The van der Waals surface area contributed by atoms with Crippen LogP contribution in [0.2, 0.25) is 0 Å². The Morgan fingerprint density at radius 2 is 1.52 bits per heavy atom. The van der Waals surface area contributed by atoms with Crippen LogP contribution in [0.3, 0.4) is 0 Å². The fourth-order valence-corrected chi connectivity index (χ4v) is 6.07. The molecule has 212 valence electrons. The number of nitrogens with zero attached hydrogens (tertiary/aromatic N) is 2. The number of sulfonamides is 1. The molecule has 1 fully saturated rings. The van der Waals surface area contributed by atoms with Gasteiger partial charge in [-0.3, -0.25) is 13.9 Å². The first kappa shape index (κ1) is 29.3. The zero-order valence-electron chi connectivity index (χ0n) is 23.5. The van der Waals surface area contributed by atoms with Crippen molar-refractivity contribution in [2.75, 3.05) is 17.1 Å². The van der Waals surface area contributed by atoms with Crippen LogP contribution < -0.4 is 9.62 Å². The summed E-state index contributed by atoms with van der Waals surface area (Å²) in [5, 5.41) is 3.19. The van der Waals surface area contributed by atoms with Gasteiger partial charge in [0.2, 0.25) is 21.8 Å². The van der Waals surface area contributed by atoms with Crippen molar-refractivity contribution in [3.63, 3.8) is 0 Å². The molecular formula is C32H39N3O4S. The lowest BCUT2D eigenvalue weighted by Gasteiger charge is -2.34. The molecule has 0 heterocycles. The summed E-state index contributed by atoms with van der Waals surface area (Å²) in [7, 11) is -3.78. The number of hydrogen-bond acceptors (Lipinski definition) is 4. The van der Waals surface area contributed by atoms with Gasteiger partial charge in [-0.1, -0.05) is 85.1 Å². The molecule has 0 aliphatic heterocycles. The molecule has 40 heavy (non-hydrogen) atoms. The summed E-state index contributed by atoms with van der Waals surface area (Å²) >= 11 is 0. The lowest BCUT2D eigenvalue weighted by atomic mass is 10.0. The maximum absolute atomic E-state index is 14.2. The standard InChI is InChI=1S/C32H39N3O4S/c1-24-17-19-29(20-18-24)35(40(3,38)39)23-31(36)34(22-27-14-8-7-11-25(27)2)30(21-26-12-5-4-6-13-26)32(37)33-28-15-9-10-16-28/h4-8,11-14,17-20,28,30H,9-10,15-16,21-23H2,1-3H3,(H,33,37)/t30-/m1/s1. The number of anilines is 1. The predicted molar refractivity (Wildman–Crippen MR) is 159 cm³/mol. The van der Waals surface area contributed by atoms with Gasteiger partial charge in [0, 0.05) is 19.0 Å². The Morgan fingerprint density at radius 1 is 0.900 bits per heavy atom. The van der Waals surface area contributed by atoms with E-state index in [1.54, 1.807) is 17.0 Å². The van der Waals surface area contributed by atoms with Crippen LogP contribution in [-0.2, 0) is 32.6 Å². The van der Waals surface area contributed by atoms with Crippen molar-refractivity contribution in [1.29, 1.82) is 0 Å². The zero-order valence-corrected chi connectivity index (χ0v) is 24.4. The third kappa shape index (κ3) is 7.72. The van der Waals surface area contributed by atoms with Crippen molar-refractivity contribution in [1.82, 2.24) is 10.2 Å². The van der Waals surface area contributed by atoms with Gasteiger partial charge in [-0.25, -0.2) is 8.42 Å². The highest BCUT2D eigenvalue weighted by atomic mass is 32.2. The molecule has 7 nitrogen and oxygen atoms in total. The van der Waals surface area contributed by atoms with Gasteiger partial charge < -0.3 is 10.2 Å². The van der Waals surface area contributed by atoms with E-state index in [-0.39, 0.29) is 18.5 Å². The lowest BCUT2D eigenvalue weighted by Crippen LogP contribution is -2.54. The summed E-state index contributed by atoms with van der Waals surface area (Å²) in [6.07, 6.45) is 5.40. The van der Waals surface area contributed by atoms with E-state index >= 15 is 0 Å². The Bertz CT molecular complexity index is 1400. The minimum Gasteiger partial charge on any atom is -0.352 e. The first-order valence-electron chi connectivity index (χ1n) is 13.8. The molecule has 0 spiro atoms. The third-order valence-corrected chi connectivity index (χ3v) is 8.72. The average Bonchev–Trinajstić information content (AvgIpc) is 3.44. The molecule has 1 aliphatic carbocycles. The number of carbonyl (C=O) groups is 2. The normalized spacial score (nSPS) is 14.5. The van der Waals surface area contributed by atoms with E-state index in [0.29, 0.717) is 12.1 Å². The molecule has 0 aromatic heterocycles. The molecule has 1 atom stereocenters. The highest BCUT2D eigenvalue weighted by Crippen LogP contribution is 2.23. The van der Waals surface area contributed by atoms with Crippen molar-refractivity contribution >= 4 is 27.5 Å². The lowest BCUT2D eigenvalue weighted by molar-refractivity contribution is -0.140. The van der Waals surface area contributed by atoms with E-state index in [1.807, 2.05) is 80.6 Å². The van der Waals surface area contributed by atoms with Crippen molar-refractivity contribution in [3.05, 3.63) is 101 Å². The SMILES string of the molecule is Cc1ccc(N(CC(=O)N(Cc2ccccc2C)[C@H](Cc2ccccc2)C(=O)NC2CCCC2)S(C)(=O)=O)cc1. The van der Waals surface area contributed by atoms with Crippen LogP contribution in [-0.4, -0.2) is 50.0 Å². The Balaban J connectivity index is 1.72. The van der Waals surface area contributed by atoms with Gasteiger partial charge in [0.25, 0.3) is 0 Å². The molecule has 3 aromatic rings. The van der Waals surface area contributed by atoms with Crippen LogP contribution in [0.15, 0.2) is 78.9 Å². The van der Waals surface area contributed by atoms with Crippen LogP contribution in [0.25, 0.3) is 0 Å². The van der Waals surface area contributed by atoms with Crippen molar-refractivity contribution in [2.45, 2.75) is 64.6 Å². The van der Waals surface area contributed by atoms with Crippen LogP contribution in [0, 0.1) is 13.8 Å². The van der Waals surface area contributed by atoms with Gasteiger partial charge >= 0.3 is 0 Å². The zero-order chi connectivity index (χ0) is 28.7. The molecule has 1 aliphatic rings. The second-order valence-corrected chi connectivity index (χ2v) is 12.7. The number of hydrogen-bond donors (Lipinski definition) is 1. The molecule has 0 saturated heterocycles. The largest absolute Gasteiger partial charge is 0.352 e. The summed E-state index contributed by atoms with van der Waals surface area (Å²) in [4.78, 5) is 29.6. The Kier molecular flexibility index (Phi) is 9.63. The average molecular weight is 562 g/mol.